The van der Waals surface area contributed by atoms with Crippen molar-refractivity contribution in [3.8, 4) is 11.5 Å². The minimum atomic E-state index is -0.0147. The lowest BCUT2D eigenvalue weighted by Crippen LogP contribution is -2.13. The Balaban J connectivity index is 1.58. The molecule has 0 aliphatic heterocycles. The first kappa shape index (κ1) is 14.4. The zero-order valence-electron chi connectivity index (χ0n) is 11.9. The van der Waals surface area contributed by atoms with Crippen LogP contribution in [-0.2, 0) is 11.2 Å². The van der Waals surface area contributed by atoms with Gasteiger partial charge in [-0.1, -0.05) is 24.3 Å². The summed E-state index contributed by atoms with van der Waals surface area (Å²) in [6.07, 6.45) is 0.403. The molecule has 1 N–H and O–H groups in total. The molecular formula is C18H15NO2S. The molecule has 110 valence electrons. The Labute approximate surface area is 133 Å². The van der Waals surface area contributed by atoms with E-state index in [1.807, 2.05) is 72.1 Å². The second kappa shape index (κ2) is 6.91. The molecule has 0 atom stereocenters. The van der Waals surface area contributed by atoms with Crippen LogP contribution in [0.25, 0.3) is 0 Å². The molecule has 0 saturated carbocycles. The third kappa shape index (κ3) is 3.96. The fourth-order valence-electron chi connectivity index (χ4n) is 2.01. The predicted molar refractivity (Wildman–Crippen MR) is 89.6 cm³/mol. The topological polar surface area (TPSA) is 38.3 Å². The number of carbonyl (C=O) groups excluding carboxylic acids is 1. The highest BCUT2D eigenvalue weighted by Crippen LogP contribution is 2.22. The zero-order valence-corrected chi connectivity index (χ0v) is 12.7. The number of thiophene rings is 1. The van der Waals surface area contributed by atoms with Gasteiger partial charge in [0.05, 0.1) is 6.42 Å². The second-order valence-corrected chi connectivity index (χ2v) is 5.78. The highest BCUT2D eigenvalue weighted by molar-refractivity contribution is 7.10. The van der Waals surface area contributed by atoms with E-state index in [0.717, 1.165) is 22.1 Å². The van der Waals surface area contributed by atoms with Gasteiger partial charge >= 0.3 is 0 Å². The Kier molecular flexibility index (Phi) is 4.51. The van der Waals surface area contributed by atoms with Gasteiger partial charge in [-0.3, -0.25) is 4.79 Å². The molecule has 0 spiro atoms. The molecule has 0 unspecified atom stereocenters. The van der Waals surface area contributed by atoms with Crippen LogP contribution in [0.5, 0.6) is 11.5 Å². The molecule has 3 rings (SSSR count). The van der Waals surface area contributed by atoms with Crippen LogP contribution in [0.3, 0.4) is 0 Å². The predicted octanol–water partition coefficient (Wildman–Crippen LogP) is 4.72. The summed E-state index contributed by atoms with van der Waals surface area (Å²) in [5, 5.41) is 4.85. The summed E-state index contributed by atoms with van der Waals surface area (Å²) in [5.74, 6) is 1.51. The average molecular weight is 309 g/mol. The van der Waals surface area contributed by atoms with Gasteiger partial charge in [0.25, 0.3) is 0 Å². The number of benzene rings is 2. The maximum absolute atomic E-state index is 11.9. The van der Waals surface area contributed by atoms with E-state index in [1.54, 1.807) is 11.3 Å². The van der Waals surface area contributed by atoms with E-state index in [-0.39, 0.29) is 5.91 Å². The van der Waals surface area contributed by atoms with Crippen molar-refractivity contribution in [3.63, 3.8) is 0 Å². The molecule has 1 aromatic heterocycles. The van der Waals surface area contributed by atoms with Crippen LogP contribution in [0.4, 0.5) is 5.69 Å². The van der Waals surface area contributed by atoms with Crippen molar-refractivity contribution in [2.24, 2.45) is 0 Å². The quantitative estimate of drug-likeness (QED) is 0.740. The molecule has 0 aliphatic carbocycles. The van der Waals surface area contributed by atoms with Gasteiger partial charge in [0.2, 0.25) is 5.91 Å². The highest BCUT2D eigenvalue weighted by Gasteiger charge is 2.05. The first-order valence-corrected chi connectivity index (χ1v) is 7.83. The number of amides is 1. The average Bonchev–Trinajstić information content (AvgIpc) is 3.03. The lowest BCUT2D eigenvalue weighted by atomic mass is 10.2. The molecule has 2 aromatic carbocycles. The number of para-hydroxylation sites is 1. The van der Waals surface area contributed by atoms with E-state index < -0.39 is 0 Å². The molecule has 0 bridgehead atoms. The van der Waals surface area contributed by atoms with Crippen molar-refractivity contribution in [2.45, 2.75) is 6.42 Å². The first-order chi connectivity index (χ1) is 10.8. The summed E-state index contributed by atoms with van der Waals surface area (Å²) in [6, 6.07) is 20.9. The van der Waals surface area contributed by atoms with Gasteiger partial charge in [-0.2, -0.15) is 0 Å². The fraction of sp³-hybridized carbons (Fsp3) is 0.0556. The number of hydrogen-bond acceptors (Lipinski definition) is 3. The van der Waals surface area contributed by atoms with Gasteiger partial charge in [0, 0.05) is 10.6 Å². The second-order valence-electron chi connectivity index (χ2n) is 4.74. The number of nitrogens with one attached hydrogen (secondary N) is 1. The van der Waals surface area contributed by atoms with Crippen LogP contribution in [0.1, 0.15) is 4.88 Å². The van der Waals surface area contributed by atoms with E-state index in [9.17, 15) is 4.79 Å². The Bertz CT molecular complexity index is 722. The molecule has 4 heteroatoms. The normalized spacial score (nSPS) is 10.2. The summed E-state index contributed by atoms with van der Waals surface area (Å²) in [6.45, 7) is 0. The van der Waals surface area contributed by atoms with E-state index in [1.165, 1.54) is 0 Å². The van der Waals surface area contributed by atoms with Gasteiger partial charge in [-0.05, 0) is 47.8 Å². The highest BCUT2D eigenvalue weighted by atomic mass is 32.1. The SMILES string of the molecule is O=C(Cc1cccs1)Nc1ccc(Oc2ccccc2)cc1. The summed E-state index contributed by atoms with van der Waals surface area (Å²) in [4.78, 5) is 13.0. The molecule has 0 saturated heterocycles. The molecule has 1 amide bonds. The standard InChI is InChI=1S/C18H15NO2S/c20-18(13-17-7-4-12-22-17)19-14-8-10-16(11-9-14)21-15-5-2-1-3-6-15/h1-12H,13H2,(H,19,20). The van der Waals surface area contributed by atoms with Crippen LogP contribution in [-0.4, -0.2) is 5.91 Å². The largest absolute Gasteiger partial charge is 0.457 e. The van der Waals surface area contributed by atoms with E-state index in [4.69, 9.17) is 4.74 Å². The smallest absolute Gasteiger partial charge is 0.229 e. The molecule has 0 fully saturated rings. The maximum Gasteiger partial charge on any atom is 0.229 e. The van der Waals surface area contributed by atoms with E-state index in [2.05, 4.69) is 5.32 Å². The molecule has 22 heavy (non-hydrogen) atoms. The molecule has 0 radical (unpaired) electrons. The summed E-state index contributed by atoms with van der Waals surface area (Å²) < 4.78 is 5.71. The Morgan fingerprint density at radius 2 is 1.64 bits per heavy atom. The van der Waals surface area contributed by atoms with Crippen molar-refractivity contribution in [1.29, 1.82) is 0 Å². The van der Waals surface area contributed by atoms with Crippen molar-refractivity contribution in [1.82, 2.24) is 0 Å². The van der Waals surface area contributed by atoms with Gasteiger partial charge in [-0.25, -0.2) is 0 Å². The van der Waals surface area contributed by atoms with Crippen molar-refractivity contribution in [2.75, 3.05) is 5.32 Å². The lowest BCUT2D eigenvalue weighted by Gasteiger charge is -2.07. The molecule has 3 aromatic rings. The Morgan fingerprint density at radius 3 is 2.32 bits per heavy atom. The monoisotopic (exact) mass is 309 g/mol. The number of carbonyl (C=O) groups is 1. The number of ether oxygens (including phenoxy) is 1. The summed E-state index contributed by atoms with van der Waals surface area (Å²) in [5.41, 5.74) is 0.766. The zero-order chi connectivity index (χ0) is 15.2. The number of rotatable bonds is 5. The first-order valence-electron chi connectivity index (χ1n) is 6.95. The Hall–Kier alpha value is -2.59. The molecular weight excluding hydrogens is 294 g/mol. The van der Waals surface area contributed by atoms with Crippen molar-refractivity contribution in [3.05, 3.63) is 77.0 Å². The minimum Gasteiger partial charge on any atom is -0.457 e. The summed E-state index contributed by atoms with van der Waals surface area (Å²) in [7, 11) is 0. The van der Waals surface area contributed by atoms with Crippen LogP contribution >= 0.6 is 11.3 Å². The van der Waals surface area contributed by atoms with Gasteiger partial charge in [0.15, 0.2) is 0 Å². The van der Waals surface area contributed by atoms with Crippen LogP contribution < -0.4 is 10.1 Å². The van der Waals surface area contributed by atoms with Crippen LogP contribution in [0, 0.1) is 0 Å². The van der Waals surface area contributed by atoms with Gasteiger partial charge in [0.1, 0.15) is 11.5 Å². The minimum absolute atomic E-state index is 0.0147. The third-order valence-corrected chi connectivity index (χ3v) is 3.91. The number of hydrogen-bond donors (Lipinski definition) is 1. The van der Waals surface area contributed by atoms with E-state index >= 15 is 0 Å². The van der Waals surface area contributed by atoms with Gasteiger partial charge < -0.3 is 10.1 Å². The van der Waals surface area contributed by atoms with Crippen LogP contribution in [0.2, 0.25) is 0 Å². The van der Waals surface area contributed by atoms with Gasteiger partial charge in [-0.15, -0.1) is 11.3 Å². The number of anilines is 1. The summed E-state index contributed by atoms with van der Waals surface area (Å²) >= 11 is 1.58. The third-order valence-electron chi connectivity index (χ3n) is 3.03. The van der Waals surface area contributed by atoms with Crippen LogP contribution in [0.15, 0.2) is 72.1 Å². The maximum atomic E-state index is 11.9. The lowest BCUT2D eigenvalue weighted by molar-refractivity contribution is -0.115. The molecule has 0 aliphatic rings. The molecule has 3 nitrogen and oxygen atoms in total. The Morgan fingerprint density at radius 1 is 0.909 bits per heavy atom. The molecule has 1 heterocycles. The van der Waals surface area contributed by atoms with E-state index in [0.29, 0.717) is 6.42 Å². The fourth-order valence-corrected chi connectivity index (χ4v) is 2.71. The van der Waals surface area contributed by atoms with Crippen molar-refractivity contribution >= 4 is 22.9 Å². The van der Waals surface area contributed by atoms with Crippen molar-refractivity contribution < 1.29 is 9.53 Å².